The fourth-order valence-electron chi connectivity index (χ4n) is 1.92. The monoisotopic (exact) mass is 326 g/mol. The molecule has 0 unspecified atom stereocenters. The van der Waals surface area contributed by atoms with Gasteiger partial charge in [0.1, 0.15) is 0 Å². The lowest BCUT2D eigenvalue weighted by molar-refractivity contribution is 0.549. The molecule has 1 aromatic carbocycles. The molecule has 0 spiro atoms. The van der Waals surface area contributed by atoms with Gasteiger partial charge >= 0.3 is 0 Å². The quantitative estimate of drug-likeness (QED) is 0.401. The maximum absolute atomic E-state index is 11.2. The molecule has 0 radical (unpaired) electrons. The summed E-state index contributed by atoms with van der Waals surface area (Å²) < 4.78 is 22.4. The van der Waals surface area contributed by atoms with E-state index in [0.29, 0.717) is 12.5 Å². The summed E-state index contributed by atoms with van der Waals surface area (Å²) in [6.07, 6.45) is 2.28. The minimum absolute atomic E-state index is 0.118. The molecule has 0 saturated carbocycles. The van der Waals surface area contributed by atoms with E-state index in [-0.39, 0.29) is 4.90 Å². The van der Waals surface area contributed by atoms with Crippen molar-refractivity contribution in [3.05, 3.63) is 29.8 Å². The van der Waals surface area contributed by atoms with Crippen LogP contribution in [0, 0.1) is 5.92 Å². The SMILES string of the molecule is CN=C(NCCCC(C)C)NCc1ccc(S(N)(=O)=O)cc1. The molecule has 0 aromatic heterocycles. The van der Waals surface area contributed by atoms with Gasteiger partial charge in [-0.1, -0.05) is 26.0 Å². The van der Waals surface area contributed by atoms with Gasteiger partial charge in [0.05, 0.1) is 4.90 Å². The van der Waals surface area contributed by atoms with Gasteiger partial charge in [0.25, 0.3) is 0 Å². The van der Waals surface area contributed by atoms with Gasteiger partial charge < -0.3 is 10.6 Å². The zero-order chi connectivity index (χ0) is 16.6. The van der Waals surface area contributed by atoms with Crippen LogP contribution in [0.2, 0.25) is 0 Å². The molecule has 0 bridgehead atoms. The standard InChI is InChI=1S/C15H26N4O2S/c1-12(2)5-4-10-18-15(17-3)19-11-13-6-8-14(9-7-13)22(16,20)21/h6-9,12H,4-5,10-11H2,1-3H3,(H2,16,20,21)(H2,17,18,19). The van der Waals surface area contributed by atoms with Crippen molar-refractivity contribution in [2.75, 3.05) is 13.6 Å². The largest absolute Gasteiger partial charge is 0.356 e. The Kier molecular flexibility index (Phi) is 7.34. The van der Waals surface area contributed by atoms with Crippen LogP contribution in [0.15, 0.2) is 34.2 Å². The number of rotatable bonds is 7. The van der Waals surface area contributed by atoms with Crippen molar-refractivity contribution in [3.63, 3.8) is 0 Å². The molecule has 7 heteroatoms. The van der Waals surface area contributed by atoms with E-state index in [9.17, 15) is 8.42 Å². The van der Waals surface area contributed by atoms with Gasteiger partial charge in [-0.3, -0.25) is 4.99 Å². The molecule has 0 aliphatic carbocycles. The van der Waals surface area contributed by atoms with Gasteiger partial charge in [-0.05, 0) is 36.5 Å². The third kappa shape index (κ3) is 6.91. The van der Waals surface area contributed by atoms with Crippen molar-refractivity contribution < 1.29 is 8.42 Å². The number of hydrogen-bond acceptors (Lipinski definition) is 3. The zero-order valence-corrected chi connectivity index (χ0v) is 14.3. The summed E-state index contributed by atoms with van der Waals surface area (Å²) in [4.78, 5) is 4.27. The third-order valence-corrected chi connectivity index (χ3v) is 4.12. The topological polar surface area (TPSA) is 96.6 Å². The minimum Gasteiger partial charge on any atom is -0.356 e. The highest BCUT2D eigenvalue weighted by Gasteiger charge is 2.06. The predicted molar refractivity (Wildman–Crippen MR) is 90.1 cm³/mol. The maximum atomic E-state index is 11.2. The highest BCUT2D eigenvalue weighted by atomic mass is 32.2. The van der Waals surface area contributed by atoms with Crippen molar-refractivity contribution in [3.8, 4) is 0 Å². The van der Waals surface area contributed by atoms with E-state index in [2.05, 4.69) is 29.5 Å². The molecule has 124 valence electrons. The molecule has 0 atom stereocenters. The number of guanidine groups is 1. The lowest BCUT2D eigenvalue weighted by Gasteiger charge is -2.12. The third-order valence-electron chi connectivity index (χ3n) is 3.19. The van der Waals surface area contributed by atoms with E-state index in [1.807, 2.05) is 0 Å². The zero-order valence-electron chi connectivity index (χ0n) is 13.5. The summed E-state index contributed by atoms with van der Waals surface area (Å²) in [5.41, 5.74) is 0.956. The second-order valence-corrected chi connectivity index (χ2v) is 7.14. The van der Waals surface area contributed by atoms with Crippen molar-refractivity contribution in [1.82, 2.24) is 10.6 Å². The second kappa shape index (κ2) is 8.75. The summed E-state index contributed by atoms with van der Waals surface area (Å²) in [5, 5.41) is 11.5. The van der Waals surface area contributed by atoms with Crippen molar-refractivity contribution >= 4 is 16.0 Å². The fourth-order valence-corrected chi connectivity index (χ4v) is 2.44. The first-order valence-corrected chi connectivity index (χ1v) is 8.94. The summed E-state index contributed by atoms with van der Waals surface area (Å²) in [7, 11) is -1.91. The molecule has 0 fully saturated rings. The van der Waals surface area contributed by atoms with Crippen molar-refractivity contribution in [1.29, 1.82) is 0 Å². The van der Waals surface area contributed by atoms with Crippen LogP contribution in [-0.2, 0) is 16.6 Å². The number of hydrogen-bond donors (Lipinski definition) is 3. The molecule has 1 aromatic rings. The number of benzene rings is 1. The number of sulfonamides is 1. The Morgan fingerprint density at radius 3 is 2.36 bits per heavy atom. The number of primary sulfonamides is 1. The van der Waals surface area contributed by atoms with E-state index in [0.717, 1.165) is 24.5 Å². The van der Waals surface area contributed by atoms with Gasteiger partial charge in [0.15, 0.2) is 5.96 Å². The first-order valence-electron chi connectivity index (χ1n) is 7.39. The second-order valence-electron chi connectivity index (χ2n) is 5.58. The van der Waals surface area contributed by atoms with E-state index in [4.69, 9.17) is 5.14 Å². The highest BCUT2D eigenvalue weighted by molar-refractivity contribution is 7.89. The van der Waals surface area contributed by atoms with E-state index in [1.54, 1.807) is 19.2 Å². The Morgan fingerprint density at radius 2 is 1.86 bits per heavy atom. The lowest BCUT2D eigenvalue weighted by atomic mass is 10.1. The molecule has 1 rings (SSSR count). The molecule has 0 saturated heterocycles. The Labute approximate surface area is 133 Å². The van der Waals surface area contributed by atoms with Crippen LogP contribution in [0.25, 0.3) is 0 Å². The molecule has 6 nitrogen and oxygen atoms in total. The summed E-state index contributed by atoms with van der Waals surface area (Å²) in [5.74, 6) is 1.44. The first-order chi connectivity index (χ1) is 10.3. The predicted octanol–water partition coefficient (Wildman–Crippen LogP) is 1.44. The normalized spacial score (nSPS) is 12.5. The number of nitrogens with zero attached hydrogens (tertiary/aromatic N) is 1. The molecule has 0 aliphatic heterocycles. The fraction of sp³-hybridized carbons (Fsp3) is 0.533. The highest BCUT2D eigenvalue weighted by Crippen LogP contribution is 2.08. The average Bonchev–Trinajstić information content (AvgIpc) is 2.46. The lowest BCUT2D eigenvalue weighted by Crippen LogP contribution is -2.37. The smallest absolute Gasteiger partial charge is 0.238 e. The van der Waals surface area contributed by atoms with Gasteiger partial charge in [-0.2, -0.15) is 0 Å². The molecule has 4 N–H and O–H groups in total. The summed E-state index contributed by atoms with van der Waals surface area (Å²) in [6.45, 7) is 5.85. The number of aliphatic imine (C=N–C) groups is 1. The van der Waals surface area contributed by atoms with E-state index < -0.39 is 10.0 Å². The van der Waals surface area contributed by atoms with Crippen LogP contribution in [-0.4, -0.2) is 28.0 Å². The minimum atomic E-state index is -3.63. The number of nitrogens with two attached hydrogens (primary N) is 1. The summed E-state index contributed by atoms with van der Waals surface area (Å²) in [6, 6.07) is 6.48. The Balaban J connectivity index is 2.43. The van der Waals surface area contributed by atoms with Crippen LogP contribution in [0.1, 0.15) is 32.3 Å². The van der Waals surface area contributed by atoms with Crippen LogP contribution in [0.5, 0.6) is 0 Å². The van der Waals surface area contributed by atoms with Gasteiger partial charge in [0.2, 0.25) is 10.0 Å². The molecule has 0 amide bonds. The molecule has 0 heterocycles. The van der Waals surface area contributed by atoms with Crippen LogP contribution < -0.4 is 15.8 Å². The molecular formula is C15H26N4O2S. The Hall–Kier alpha value is -1.60. The Morgan fingerprint density at radius 1 is 1.23 bits per heavy atom. The van der Waals surface area contributed by atoms with Gasteiger partial charge in [-0.25, -0.2) is 13.6 Å². The van der Waals surface area contributed by atoms with Crippen molar-refractivity contribution in [2.45, 2.75) is 38.1 Å². The van der Waals surface area contributed by atoms with Crippen LogP contribution in [0.3, 0.4) is 0 Å². The summed E-state index contributed by atoms with van der Waals surface area (Å²) >= 11 is 0. The average molecular weight is 326 g/mol. The van der Waals surface area contributed by atoms with E-state index >= 15 is 0 Å². The molecular weight excluding hydrogens is 300 g/mol. The molecule has 0 aliphatic rings. The van der Waals surface area contributed by atoms with Gasteiger partial charge in [0, 0.05) is 20.1 Å². The van der Waals surface area contributed by atoms with Crippen LogP contribution >= 0.6 is 0 Å². The Bertz CT molecular complexity index is 580. The maximum Gasteiger partial charge on any atom is 0.238 e. The molecule has 22 heavy (non-hydrogen) atoms. The van der Waals surface area contributed by atoms with Crippen LogP contribution in [0.4, 0.5) is 0 Å². The van der Waals surface area contributed by atoms with Crippen molar-refractivity contribution in [2.24, 2.45) is 16.0 Å². The number of nitrogens with one attached hydrogen (secondary N) is 2. The first kappa shape index (κ1) is 18.4. The van der Waals surface area contributed by atoms with Gasteiger partial charge in [-0.15, -0.1) is 0 Å². The van der Waals surface area contributed by atoms with E-state index in [1.165, 1.54) is 18.6 Å².